The third kappa shape index (κ3) is 2.41. The summed E-state index contributed by atoms with van der Waals surface area (Å²) in [6, 6.07) is 7.93. The van der Waals surface area contributed by atoms with Crippen molar-refractivity contribution in [1.82, 2.24) is 10.2 Å². The molecule has 1 aromatic rings. The average molecular weight is 246 g/mol. The molecule has 1 amide bonds. The number of carbonyl (C=O) groups is 1. The van der Waals surface area contributed by atoms with E-state index in [1.165, 1.54) is 0 Å². The van der Waals surface area contributed by atoms with E-state index in [1.54, 1.807) is 0 Å². The highest BCUT2D eigenvalue weighted by atomic mass is 16.2. The molecule has 0 aromatic heterocycles. The van der Waals surface area contributed by atoms with Crippen molar-refractivity contribution in [1.29, 1.82) is 0 Å². The Morgan fingerprint density at radius 3 is 2.78 bits per heavy atom. The molecule has 1 aliphatic heterocycles. The number of hydrogen-bond acceptors (Lipinski definition) is 2. The average Bonchev–Trinajstić information content (AvgIpc) is 2.37. The topological polar surface area (TPSA) is 32.3 Å². The maximum atomic E-state index is 12.7. The van der Waals surface area contributed by atoms with E-state index >= 15 is 0 Å². The smallest absolute Gasteiger partial charge is 0.254 e. The van der Waals surface area contributed by atoms with E-state index in [0.29, 0.717) is 0 Å². The summed E-state index contributed by atoms with van der Waals surface area (Å²) in [4.78, 5) is 14.7. The van der Waals surface area contributed by atoms with Gasteiger partial charge in [0, 0.05) is 25.2 Å². The van der Waals surface area contributed by atoms with Gasteiger partial charge in [-0.2, -0.15) is 0 Å². The Hall–Kier alpha value is -1.35. The highest BCUT2D eigenvalue weighted by molar-refractivity contribution is 5.96. The van der Waals surface area contributed by atoms with Crippen LogP contribution in [0.25, 0.3) is 0 Å². The van der Waals surface area contributed by atoms with Gasteiger partial charge in [-0.1, -0.05) is 25.1 Å². The summed E-state index contributed by atoms with van der Waals surface area (Å²) in [5, 5.41) is 3.35. The number of rotatable bonds is 2. The Bertz CT molecular complexity index is 440. The molecular weight excluding hydrogens is 224 g/mol. The molecule has 1 heterocycles. The molecule has 0 saturated carbocycles. The van der Waals surface area contributed by atoms with E-state index in [-0.39, 0.29) is 11.4 Å². The van der Waals surface area contributed by atoms with Gasteiger partial charge in [-0.25, -0.2) is 0 Å². The zero-order valence-corrected chi connectivity index (χ0v) is 11.5. The molecule has 0 radical (unpaired) electrons. The molecule has 1 aromatic carbocycles. The number of hydrogen-bond donors (Lipinski definition) is 1. The van der Waals surface area contributed by atoms with Crippen LogP contribution in [0.2, 0.25) is 0 Å². The molecule has 1 fully saturated rings. The first-order valence-corrected chi connectivity index (χ1v) is 6.67. The third-order valence-corrected chi connectivity index (χ3v) is 3.67. The van der Waals surface area contributed by atoms with Gasteiger partial charge in [-0.15, -0.1) is 0 Å². The molecule has 0 aliphatic carbocycles. The number of nitrogens with one attached hydrogen (secondary N) is 1. The molecule has 2 rings (SSSR count). The van der Waals surface area contributed by atoms with E-state index in [4.69, 9.17) is 0 Å². The molecule has 98 valence electrons. The zero-order chi connectivity index (χ0) is 13.2. The maximum Gasteiger partial charge on any atom is 0.254 e. The van der Waals surface area contributed by atoms with Crippen LogP contribution in [0.3, 0.4) is 0 Å². The molecule has 0 atom stereocenters. The standard InChI is InChI=1S/C15H22N2O/c1-4-12-7-5-6-8-13(12)14(18)17-10-9-16-11-15(17,2)3/h5-8,16H,4,9-11H2,1-3H3. The Morgan fingerprint density at radius 2 is 2.11 bits per heavy atom. The lowest BCUT2D eigenvalue weighted by Crippen LogP contribution is -2.59. The second kappa shape index (κ2) is 5.11. The number of nitrogens with zero attached hydrogens (tertiary/aromatic N) is 1. The lowest BCUT2D eigenvalue weighted by Gasteiger charge is -2.43. The van der Waals surface area contributed by atoms with E-state index in [0.717, 1.165) is 37.2 Å². The molecule has 18 heavy (non-hydrogen) atoms. The second-order valence-corrected chi connectivity index (χ2v) is 5.46. The van der Waals surface area contributed by atoms with Gasteiger partial charge < -0.3 is 10.2 Å². The number of benzene rings is 1. The predicted octanol–water partition coefficient (Wildman–Crippen LogP) is 2.07. The van der Waals surface area contributed by atoms with Crippen LogP contribution in [-0.4, -0.2) is 36.0 Å². The molecule has 0 bridgehead atoms. The Balaban J connectivity index is 2.30. The van der Waals surface area contributed by atoms with Gasteiger partial charge in [0.15, 0.2) is 0 Å². The summed E-state index contributed by atoms with van der Waals surface area (Å²) in [5.41, 5.74) is 1.88. The van der Waals surface area contributed by atoms with Crippen molar-refractivity contribution in [2.45, 2.75) is 32.7 Å². The summed E-state index contributed by atoms with van der Waals surface area (Å²) in [7, 11) is 0. The van der Waals surface area contributed by atoms with Crippen LogP contribution in [-0.2, 0) is 6.42 Å². The summed E-state index contributed by atoms with van der Waals surface area (Å²) in [5.74, 6) is 0.166. The van der Waals surface area contributed by atoms with Crippen molar-refractivity contribution >= 4 is 5.91 Å². The molecule has 3 heteroatoms. The zero-order valence-electron chi connectivity index (χ0n) is 11.5. The van der Waals surface area contributed by atoms with Crippen LogP contribution in [0.5, 0.6) is 0 Å². The van der Waals surface area contributed by atoms with Gasteiger partial charge >= 0.3 is 0 Å². The number of amides is 1. The van der Waals surface area contributed by atoms with Crippen molar-refractivity contribution in [3.8, 4) is 0 Å². The molecule has 1 N–H and O–H groups in total. The minimum Gasteiger partial charge on any atom is -0.331 e. The maximum absolute atomic E-state index is 12.7. The fourth-order valence-corrected chi connectivity index (χ4v) is 2.54. The summed E-state index contributed by atoms with van der Waals surface area (Å²) >= 11 is 0. The van der Waals surface area contributed by atoms with Crippen LogP contribution < -0.4 is 5.32 Å². The Kier molecular flexibility index (Phi) is 3.71. The number of piperazine rings is 1. The molecule has 1 saturated heterocycles. The van der Waals surface area contributed by atoms with Gasteiger partial charge in [0.05, 0.1) is 5.54 Å². The normalized spacial score (nSPS) is 18.7. The number of aryl methyl sites for hydroxylation is 1. The lowest BCUT2D eigenvalue weighted by atomic mass is 9.97. The number of carbonyl (C=O) groups excluding carboxylic acids is 1. The Morgan fingerprint density at radius 1 is 1.39 bits per heavy atom. The summed E-state index contributed by atoms with van der Waals surface area (Å²) in [6.45, 7) is 8.84. The monoisotopic (exact) mass is 246 g/mol. The second-order valence-electron chi connectivity index (χ2n) is 5.46. The van der Waals surface area contributed by atoms with Crippen LogP contribution in [0.1, 0.15) is 36.7 Å². The van der Waals surface area contributed by atoms with E-state index in [1.807, 2.05) is 29.2 Å². The van der Waals surface area contributed by atoms with Crippen LogP contribution in [0.15, 0.2) is 24.3 Å². The van der Waals surface area contributed by atoms with Crippen LogP contribution in [0.4, 0.5) is 0 Å². The SMILES string of the molecule is CCc1ccccc1C(=O)N1CCNCC1(C)C. The molecule has 0 unspecified atom stereocenters. The minimum absolute atomic E-state index is 0.115. The predicted molar refractivity (Wildman–Crippen MR) is 73.8 cm³/mol. The first-order valence-electron chi connectivity index (χ1n) is 6.67. The van der Waals surface area contributed by atoms with Gasteiger partial charge in [-0.3, -0.25) is 4.79 Å². The first-order chi connectivity index (χ1) is 8.56. The van der Waals surface area contributed by atoms with Crippen LogP contribution in [0, 0.1) is 0 Å². The van der Waals surface area contributed by atoms with Crippen molar-refractivity contribution in [2.24, 2.45) is 0 Å². The van der Waals surface area contributed by atoms with E-state index < -0.39 is 0 Å². The first kappa shape index (κ1) is 13.1. The third-order valence-electron chi connectivity index (χ3n) is 3.67. The quantitative estimate of drug-likeness (QED) is 0.866. The highest BCUT2D eigenvalue weighted by Gasteiger charge is 2.34. The minimum atomic E-state index is -0.115. The summed E-state index contributed by atoms with van der Waals surface area (Å²) < 4.78 is 0. The largest absolute Gasteiger partial charge is 0.331 e. The fourth-order valence-electron chi connectivity index (χ4n) is 2.54. The van der Waals surface area contributed by atoms with Crippen molar-refractivity contribution in [3.05, 3.63) is 35.4 Å². The van der Waals surface area contributed by atoms with Crippen LogP contribution >= 0.6 is 0 Å². The molecule has 0 spiro atoms. The van der Waals surface area contributed by atoms with Crippen molar-refractivity contribution < 1.29 is 4.79 Å². The highest BCUT2D eigenvalue weighted by Crippen LogP contribution is 2.21. The molecule has 1 aliphatic rings. The van der Waals surface area contributed by atoms with Crippen molar-refractivity contribution in [2.75, 3.05) is 19.6 Å². The lowest BCUT2D eigenvalue weighted by molar-refractivity contribution is 0.0476. The van der Waals surface area contributed by atoms with Gasteiger partial charge in [-0.05, 0) is 31.9 Å². The fraction of sp³-hybridized carbons (Fsp3) is 0.533. The van der Waals surface area contributed by atoms with Gasteiger partial charge in [0.2, 0.25) is 0 Å². The summed E-state index contributed by atoms with van der Waals surface area (Å²) in [6.07, 6.45) is 0.897. The van der Waals surface area contributed by atoms with Gasteiger partial charge in [0.25, 0.3) is 5.91 Å². The van der Waals surface area contributed by atoms with Crippen molar-refractivity contribution in [3.63, 3.8) is 0 Å². The Labute approximate surface area is 109 Å². The van der Waals surface area contributed by atoms with E-state index in [9.17, 15) is 4.79 Å². The van der Waals surface area contributed by atoms with E-state index in [2.05, 4.69) is 26.1 Å². The molecular formula is C15H22N2O. The molecule has 3 nitrogen and oxygen atoms in total. The van der Waals surface area contributed by atoms with Gasteiger partial charge in [0.1, 0.15) is 0 Å².